The molecule has 0 aliphatic heterocycles. The summed E-state index contributed by atoms with van der Waals surface area (Å²) in [5.74, 6) is -1.58. The highest BCUT2D eigenvalue weighted by atomic mass is 32.2. The molecule has 0 saturated carbocycles. The largest absolute Gasteiger partial charge is 0.394 e. The van der Waals surface area contributed by atoms with E-state index in [-0.39, 0.29) is 28.9 Å². The number of likely N-dealkylation sites (N-methyl/N-ethyl adjacent to an activating group) is 1. The molecule has 0 aliphatic rings. The van der Waals surface area contributed by atoms with E-state index in [4.69, 9.17) is 0 Å². The maximum Gasteiger partial charge on any atom is 0.182 e. The van der Waals surface area contributed by atoms with Crippen molar-refractivity contribution < 1.29 is 22.3 Å². The van der Waals surface area contributed by atoms with E-state index in [1.807, 2.05) is 25.1 Å². The van der Waals surface area contributed by atoms with E-state index >= 15 is 0 Å². The van der Waals surface area contributed by atoms with Crippen molar-refractivity contribution in [3.05, 3.63) is 89.5 Å². The zero-order valence-corrected chi connectivity index (χ0v) is 17.5. The number of sulfone groups is 1. The molecule has 7 heteroatoms. The van der Waals surface area contributed by atoms with Gasteiger partial charge in [-0.2, -0.15) is 0 Å². The fourth-order valence-corrected chi connectivity index (χ4v) is 4.66. The number of halogens is 2. The Hall–Kier alpha value is -2.61. The van der Waals surface area contributed by atoms with Gasteiger partial charge in [-0.1, -0.05) is 36.4 Å². The van der Waals surface area contributed by atoms with Gasteiger partial charge in [0.25, 0.3) is 0 Å². The molecule has 1 N–H and O–H groups in total. The van der Waals surface area contributed by atoms with Crippen LogP contribution in [0.3, 0.4) is 0 Å². The van der Waals surface area contributed by atoms with Gasteiger partial charge in [0, 0.05) is 11.6 Å². The summed E-state index contributed by atoms with van der Waals surface area (Å²) in [6, 6.07) is 16.0. The molecule has 30 heavy (non-hydrogen) atoms. The second-order valence-corrected chi connectivity index (χ2v) is 9.30. The lowest BCUT2D eigenvalue weighted by Gasteiger charge is -2.23. The summed E-state index contributed by atoms with van der Waals surface area (Å²) >= 11 is 0. The molecule has 0 bridgehead atoms. The third kappa shape index (κ3) is 4.92. The van der Waals surface area contributed by atoms with E-state index < -0.39 is 21.5 Å². The molecule has 0 heterocycles. The Morgan fingerprint density at radius 3 is 2.27 bits per heavy atom. The molecule has 0 aliphatic carbocycles. The predicted molar refractivity (Wildman–Crippen MR) is 113 cm³/mol. The quantitative estimate of drug-likeness (QED) is 0.609. The molecule has 3 aromatic carbocycles. The van der Waals surface area contributed by atoms with Crippen molar-refractivity contribution in [1.82, 2.24) is 4.90 Å². The molecular weight excluding hydrogens is 408 g/mol. The molecule has 0 radical (unpaired) electrons. The molecule has 1 unspecified atom stereocenters. The van der Waals surface area contributed by atoms with Crippen LogP contribution in [-0.4, -0.2) is 39.1 Å². The molecule has 3 rings (SSSR count). The molecule has 0 saturated heterocycles. The van der Waals surface area contributed by atoms with Gasteiger partial charge in [0.05, 0.1) is 23.3 Å². The Kier molecular flexibility index (Phi) is 6.65. The molecule has 0 aromatic heterocycles. The first-order chi connectivity index (χ1) is 14.2. The minimum absolute atomic E-state index is 0.0788. The van der Waals surface area contributed by atoms with Gasteiger partial charge in [-0.25, -0.2) is 17.2 Å². The topological polar surface area (TPSA) is 57.6 Å². The van der Waals surface area contributed by atoms with Crippen LogP contribution in [-0.2, 0) is 15.6 Å². The number of hydrogen-bond acceptors (Lipinski definition) is 4. The summed E-state index contributed by atoms with van der Waals surface area (Å²) in [4.78, 5) is 1.98. The van der Waals surface area contributed by atoms with Gasteiger partial charge in [-0.15, -0.1) is 0 Å². The normalized spacial score (nSPS) is 12.9. The smallest absolute Gasteiger partial charge is 0.182 e. The third-order valence-corrected chi connectivity index (χ3v) is 6.65. The second-order valence-electron chi connectivity index (χ2n) is 7.31. The Morgan fingerprint density at radius 2 is 1.67 bits per heavy atom. The maximum atomic E-state index is 14.0. The third-order valence-electron chi connectivity index (χ3n) is 4.94. The molecule has 0 fully saturated rings. The van der Waals surface area contributed by atoms with Crippen molar-refractivity contribution in [2.24, 2.45) is 0 Å². The SMILES string of the molecule is CN(C)C(CO)c1cccc(CS(=O)(=O)c2ccc(-c3ccc(F)cc3F)cc2)c1. The Labute approximate surface area is 175 Å². The first kappa shape index (κ1) is 22.1. The number of benzene rings is 3. The first-order valence-corrected chi connectivity index (χ1v) is 11.0. The highest BCUT2D eigenvalue weighted by Crippen LogP contribution is 2.26. The molecular formula is C23H23F2NO3S. The van der Waals surface area contributed by atoms with Gasteiger partial charge in [0.2, 0.25) is 0 Å². The number of nitrogens with zero attached hydrogens (tertiary/aromatic N) is 1. The fraction of sp³-hybridized carbons (Fsp3) is 0.217. The van der Waals surface area contributed by atoms with E-state index in [2.05, 4.69) is 0 Å². The lowest BCUT2D eigenvalue weighted by molar-refractivity contribution is 0.171. The van der Waals surface area contributed by atoms with E-state index in [1.165, 1.54) is 30.3 Å². The average Bonchev–Trinajstić information content (AvgIpc) is 2.68. The number of rotatable bonds is 7. The molecule has 3 aromatic rings. The van der Waals surface area contributed by atoms with Crippen LogP contribution in [0.5, 0.6) is 0 Å². The zero-order chi connectivity index (χ0) is 21.9. The van der Waals surface area contributed by atoms with Crippen LogP contribution in [0.15, 0.2) is 71.6 Å². The Morgan fingerprint density at radius 1 is 0.967 bits per heavy atom. The number of aliphatic hydroxyl groups is 1. The van der Waals surface area contributed by atoms with Gasteiger partial charge in [-0.05, 0) is 55.1 Å². The maximum absolute atomic E-state index is 14.0. The zero-order valence-electron chi connectivity index (χ0n) is 16.7. The fourth-order valence-electron chi connectivity index (χ4n) is 3.33. The van der Waals surface area contributed by atoms with Crippen molar-refractivity contribution in [3.8, 4) is 11.1 Å². The summed E-state index contributed by atoms with van der Waals surface area (Å²) in [6.45, 7) is -0.0788. The van der Waals surface area contributed by atoms with Crippen molar-refractivity contribution >= 4 is 9.84 Å². The summed E-state index contributed by atoms with van der Waals surface area (Å²) in [5.41, 5.74) is 2.11. The van der Waals surface area contributed by atoms with Gasteiger partial charge < -0.3 is 10.0 Å². The van der Waals surface area contributed by atoms with Crippen LogP contribution in [0.4, 0.5) is 8.78 Å². The van der Waals surface area contributed by atoms with Crippen molar-refractivity contribution in [3.63, 3.8) is 0 Å². The number of aliphatic hydroxyl groups excluding tert-OH is 1. The van der Waals surface area contributed by atoms with Crippen LogP contribution < -0.4 is 0 Å². The van der Waals surface area contributed by atoms with E-state index in [0.29, 0.717) is 11.1 Å². The van der Waals surface area contributed by atoms with E-state index in [0.717, 1.165) is 17.7 Å². The highest BCUT2D eigenvalue weighted by molar-refractivity contribution is 7.90. The predicted octanol–water partition coefficient (Wildman–Crippen LogP) is 4.20. The van der Waals surface area contributed by atoms with E-state index in [1.54, 1.807) is 18.2 Å². The van der Waals surface area contributed by atoms with E-state index in [9.17, 15) is 22.3 Å². The monoisotopic (exact) mass is 431 g/mol. The lowest BCUT2D eigenvalue weighted by atomic mass is 10.0. The van der Waals surface area contributed by atoms with Crippen molar-refractivity contribution in [1.29, 1.82) is 0 Å². The van der Waals surface area contributed by atoms with Gasteiger partial charge in [0.1, 0.15) is 11.6 Å². The standard InChI is InChI=1S/C23H23F2NO3S/c1-26(2)23(14-27)18-5-3-4-16(12-18)15-30(28,29)20-9-6-17(7-10-20)21-11-8-19(24)13-22(21)25/h3-13,23,27H,14-15H2,1-2H3. The minimum atomic E-state index is -3.63. The first-order valence-electron chi connectivity index (χ1n) is 9.35. The van der Waals surface area contributed by atoms with Crippen LogP contribution in [0.2, 0.25) is 0 Å². The molecule has 0 amide bonds. The summed E-state index contributed by atoms with van der Waals surface area (Å²) < 4.78 is 52.8. The summed E-state index contributed by atoms with van der Waals surface area (Å²) in [7, 11) is 0.0577. The molecule has 1 atom stereocenters. The van der Waals surface area contributed by atoms with Crippen molar-refractivity contribution in [2.75, 3.05) is 20.7 Å². The van der Waals surface area contributed by atoms with Crippen LogP contribution in [0.1, 0.15) is 17.2 Å². The van der Waals surface area contributed by atoms with Crippen LogP contribution in [0.25, 0.3) is 11.1 Å². The van der Waals surface area contributed by atoms with Crippen molar-refractivity contribution in [2.45, 2.75) is 16.7 Å². The summed E-state index contributed by atoms with van der Waals surface area (Å²) in [5, 5.41) is 9.60. The average molecular weight is 432 g/mol. The second kappa shape index (κ2) is 9.04. The molecule has 0 spiro atoms. The van der Waals surface area contributed by atoms with Crippen LogP contribution in [0, 0.1) is 11.6 Å². The van der Waals surface area contributed by atoms with Gasteiger partial charge in [0.15, 0.2) is 9.84 Å². The van der Waals surface area contributed by atoms with Gasteiger partial charge in [-0.3, -0.25) is 0 Å². The molecule has 158 valence electrons. The molecule has 4 nitrogen and oxygen atoms in total. The highest BCUT2D eigenvalue weighted by Gasteiger charge is 2.18. The number of hydrogen-bond donors (Lipinski definition) is 1. The van der Waals surface area contributed by atoms with Gasteiger partial charge >= 0.3 is 0 Å². The van der Waals surface area contributed by atoms with Crippen LogP contribution >= 0.6 is 0 Å². The minimum Gasteiger partial charge on any atom is -0.394 e. The lowest BCUT2D eigenvalue weighted by Crippen LogP contribution is -2.23. The Balaban J connectivity index is 1.84. The summed E-state index contributed by atoms with van der Waals surface area (Å²) in [6.07, 6.45) is 0. The Bertz CT molecular complexity index is 1130.